The first-order valence-corrected chi connectivity index (χ1v) is 5.26. The standard InChI is InChI=1S/C12H12N2O4/c1-13-5-6-14(12(13)18)9-4-2-3-8(7-9)10(15)11(16)17/h2-7,10,15H,1H3,(H,16,17). The fourth-order valence-corrected chi connectivity index (χ4v) is 1.65. The van der Waals surface area contributed by atoms with Crippen molar-refractivity contribution in [2.24, 2.45) is 7.05 Å². The Morgan fingerprint density at radius 1 is 1.33 bits per heavy atom. The maximum absolute atomic E-state index is 11.7. The van der Waals surface area contributed by atoms with Gasteiger partial charge < -0.3 is 14.8 Å². The highest BCUT2D eigenvalue weighted by Gasteiger charge is 2.16. The van der Waals surface area contributed by atoms with Crippen molar-refractivity contribution in [3.8, 4) is 5.69 Å². The number of rotatable bonds is 3. The predicted molar refractivity (Wildman–Crippen MR) is 63.6 cm³/mol. The van der Waals surface area contributed by atoms with Crippen LogP contribution in [0.25, 0.3) is 5.69 Å². The Labute approximate surface area is 102 Å². The molecule has 0 saturated carbocycles. The molecule has 0 fully saturated rings. The van der Waals surface area contributed by atoms with Crippen LogP contribution >= 0.6 is 0 Å². The minimum Gasteiger partial charge on any atom is -0.479 e. The van der Waals surface area contributed by atoms with Crippen molar-refractivity contribution >= 4 is 5.97 Å². The summed E-state index contributed by atoms with van der Waals surface area (Å²) >= 11 is 0. The minimum absolute atomic E-state index is 0.232. The summed E-state index contributed by atoms with van der Waals surface area (Å²) in [5.41, 5.74) is 0.506. The quantitative estimate of drug-likeness (QED) is 0.817. The number of aromatic nitrogens is 2. The zero-order valence-corrected chi connectivity index (χ0v) is 9.65. The predicted octanol–water partition coefficient (Wildman–Crippen LogP) is 0.294. The van der Waals surface area contributed by atoms with Gasteiger partial charge in [0.25, 0.3) is 0 Å². The van der Waals surface area contributed by atoms with Crippen molar-refractivity contribution in [2.45, 2.75) is 6.10 Å². The second-order valence-corrected chi connectivity index (χ2v) is 3.90. The van der Waals surface area contributed by atoms with E-state index in [1.807, 2.05) is 0 Å². The number of aliphatic hydroxyl groups is 1. The molecule has 0 saturated heterocycles. The number of hydrogen-bond acceptors (Lipinski definition) is 3. The second kappa shape index (κ2) is 4.50. The number of aliphatic hydroxyl groups excluding tert-OH is 1. The van der Waals surface area contributed by atoms with E-state index in [9.17, 15) is 14.7 Å². The van der Waals surface area contributed by atoms with E-state index in [0.717, 1.165) is 0 Å². The molecule has 2 N–H and O–H groups in total. The molecule has 0 radical (unpaired) electrons. The van der Waals surface area contributed by atoms with E-state index in [0.29, 0.717) is 5.69 Å². The van der Waals surface area contributed by atoms with Crippen molar-refractivity contribution < 1.29 is 15.0 Å². The summed E-state index contributed by atoms with van der Waals surface area (Å²) in [7, 11) is 1.62. The summed E-state index contributed by atoms with van der Waals surface area (Å²) in [4.78, 5) is 22.4. The molecule has 1 unspecified atom stereocenters. The first-order valence-electron chi connectivity index (χ1n) is 5.26. The fraction of sp³-hybridized carbons (Fsp3) is 0.167. The molecule has 1 aromatic carbocycles. The molecule has 1 aromatic heterocycles. The van der Waals surface area contributed by atoms with Crippen molar-refractivity contribution in [2.75, 3.05) is 0 Å². The molecule has 1 atom stereocenters. The third-order valence-corrected chi connectivity index (χ3v) is 2.65. The van der Waals surface area contributed by atoms with Crippen molar-refractivity contribution in [3.05, 3.63) is 52.7 Å². The minimum atomic E-state index is -1.59. The van der Waals surface area contributed by atoms with Crippen molar-refractivity contribution in [1.29, 1.82) is 0 Å². The van der Waals surface area contributed by atoms with Crippen LogP contribution in [0.4, 0.5) is 0 Å². The van der Waals surface area contributed by atoms with E-state index >= 15 is 0 Å². The number of benzene rings is 1. The molecule has 18 heavy (non-hydrogen) atoms. The largest absolute Gasteiger partial charge is 0.479 e. The summed E-state index contributed by atoms with van der Waals surface area (Å²) in [5.74, 6) is -1.33. The molecule has 6 nitrogen and oxygen atoms in total. The first-order chi connectivity index (χ1) is 8.50. The molecule has 0 aliphatic rings. The van der Waals surface area contributed by atoms with Crippen LogP contribution in [0.2, 0.25) is 0 Å². The van der Waals surface area contributed by atoms with E-state index < -0.39 is 12.1 Å². The third-order valence-electron chi connectivity index (χ3n) is 2.65. The Bertz CT molecular complexity index is 642. The van der Waals surface area contributed by atoms with Gasteiger partial charge >= 0.3 is 11.7 Å². The number of hydrogen-bond donors (Lipinski definition) is 2. The summed E-state index contributed by atoms with van der Waals surface area (Å²) in [6.07, 6.45) is 1.58. The average Bonchev–Trinajstić information content (AvgIpc) is 2.69. The zero-order valence-electron chi connectivity index (χ0n) is 9.65. The van der Waals surface area contributed by atoms with E-state index in [1.54, 1.807) is 31.6 Å². The van der Waals surface area contributed by atoms with Gasteiger partial charge in [-0.05, 0) is 17.7 Å². The Morgan fingerprint density at radius 2 is 2.06 bits per heavy atom. The third kappa shape index (κ3) is 2.05. The highest BCUT2D eigenvalue weighted by molar-refractivity contribution is 5.74. The molecular weight excluding hydrogens is 236 g/mol. The summed E-state index contributed by atoms with van der Waals surface area (Å²) in [6, 6.07) is 6.23. The molecule has 0 aliphatic carbocycles. The Morgan fingerprint density at radius 3 is 2.61 bits per heavy atom. The van der Waals surface area contributed by atoms with Gasteiger partial charge in [0.2, 0.25) is 0 Å². The molecule has 94 valence electrons. The molecule has 2 rings (SSSR count). The van der Waals surface area contributed by atoms with Gasteiger partial charge in [0, 0.05) is 19.4 Å². The summed E-state index contributed by atoms with van der Waals surface area (Å²) < 4.78 is 2.78. The number of imidazole rings is 1. The Kier molecular flexibility index (Phi) is 3.03. The lowest BCUT2D eigenvalue weighted by atomic mass is 10.1. The molecule has 0 aliphatic heterocycles. The van der Waals surface area contributed by atoms with Crippen LogP contribution in [0.1, 0.15) is 11.7 Å². The number of carboxylic acid groups (broad SMARTS) is 1. The fourth-order valence-electron chi connectivity index (χ4n) is 1.65. The zero-order chi connectivity index (χ0) is 13.3. The molecule has 1 heterocycles. The van der Waals surface area contributed by atoms with Gasteiger partial charge in [0.05, 0.1) is 5.69 Å². The van der Waals surface area contributed by atoms with E-state index in [-0.39, 0.29) is 11.3 Å². The number of aliphatic carboxylic acids is 1. The number of aryl methyl sites for hydroxylation is 1. The number of nitrogens with zero attached hydrogens (tertiary/aromatic N) is 2. The number of carbonyl (C=O) groups is 1. The lowest BCUT2D eigenvalue weighted by molar-refractivity contribution is -0.146. The van der Waals surface area contributed by atoms with Gasteiger partial charge in [0.1, 0.15) is 0 Å². The molecule has 6 heteroatoms. The average molecular weight is 248 g/mol. The van der Waals surface area contributed by atoms with Gasteiger partial charge in [0.15, 0.2) is 6.10 Å². The van der Waals surface area contributed by atoms with Crippen LogP contribution < -0.4 is 5.69 Å². The summed E-state index contributed by atoms with van der Waals surface area (Å²) in [6.45, 7) is 0. The van der Waals surface area contributed by atoms with Crippen molar-refractivity contribution in [3.63, 3.8) is 0 Å². The summed E-state index contributed by atoms with van der Waals surface area (Å²) in [5, 5.41) is 18.2. The van der Waals surface area contributed by atoms with Gasteiger partial charge in [-0.25, -0.2) is 9.59 Å². The van der Waals surface area contributed by atoms with Crippen LogP contribution in [0.5, 0.6) is 0 Å². The van der Waals surface area contributed by atoms with Gasteiger partial charge in [-0.3, -0.25) is 4.57 Å². The van der Waals surface area contributed by atoms with Gasteiger partial charge in [-0.1, -0.05) is 12.1 Å². The van der Waals surface area contributed by atoms with E-state index in [2.05, 4.69) is 0 Å². The monoisotopic (exact) mass is 248 g/mol. The van der Waals surface area contributed by atoms with Crippen molar-refractivity contribution in [1.82, 2.24) is 9.13 Å². The van der Waals surface area contributed by atoms with Crippen LogP contribution in [0, 0.1) is 0 Å². The van der Waals surface area contributed by atoms with E-state index in [1.165, 1.54) is 21.3 Å². The smallest absolute Gasteiger partial charge is 0.337 e. The Balaban J connectivity index is 2.48. The van der Waals surface area contributed by atoms with Crippen LogP contribution in [0.3, 0.4) is 0 Å². The van der Waals surface area contributed by atoms with E-state index in [4.69, 9.17) is 5.11 Å². The normalized spacial score (nSPS) is 12.3. The maximum atomic E-state index is 11.7. The Hall–Kier alpha value is -2.34. The topological polar surface area (TPSA) is 84.5 Å². The maximum Gasteiger partial charge on any atom is 0.337 e. The molecule has 0 bridgehead atoms. The van der Waals surface area contributed by atoms with Gasteiger partial charge in [-0.2, -0.15) is 0 Å². The number of carboxylic acids is 1. The molecule has 0 amide bonds. The highest BCUT2D eigenvalue weighted by Crippen LogP contribution is 2.16. The van der Waals surface area contributed by atoms with Crippen LogP contribution in [-0.4, -0.2) is 25.3 Å². The van der Waals surface area contributed by atoms with Gasteiger partial charge in [-0.15, -0.1) is 0 Å². The van der Waals surface area contributed by atoms with Crippen LogP contribution in [0.15, 0.2) is 41.5 Å². The lowest BCUT2D eigenvalue weighted by Gasteiger charge is -2.08. The van der Waals surface area contributed by atoms with Crippen LogP contribution in [-0.2, 0) is 11.8 Å². The molecular formula is C12H12N2O4. The first kappa shape index (κ1) is 12.1. The molecule has 0 spiro atoms. The SMILES string of the molecule is Cn1ccn(-c2cccc(C(O)C(=O)O)c2)c1=O. The lowest BCUT2D eigenvalue weighted by Crippen LogP contribution is -2.20. The molecule has 2 aromatic rings. The highest BCUT2D eigenvalue weighted by atomic mass is 16.4. The second-order valence-electron chi connectivity index (χ2n) is 3.90.